The van der Waals surface area contributed by atoms with Crippen LogP contribution in [0.1, 0.15) is 0 Å². The van der Waals surface area contributed by atoms with Gasteiger partial charge in [0.15, 0.2) is 0 Å². The Hall–Kier alpha value is -0.120. The maximum absolute atomic E-state index is 4.92. The molecule has 0 amide bonds. The standard InChI is InChI=1S/C2H7N3/c3-5-2-1-4-2/h2,4-5H,1,3H2. The molecule has 0 radical (unpaired) electrons. The van der Waals surface area contributed by atoms with E-state index in [9.17, 15) is 0 Å². The van der Waals surface area contributed by atoms with Gasteiger partial charge in [-0.1, -0.05) is 0 Å². The Morgan fingerprint density at radius 3 is 2.60 bits per heavy atom. The topological polar surface area (TPSA) is 60.0 Å². The number of nitrogens with two attached hydrogens (primary N) is 1. The lowest BCUT2D eigenvalue weighted by Gasteiger charge is -1.79. The molecule has 30 valence electrons. The van der Waals surface area contributed by atoms with Crippen LogP contribution in [0, 0.1) is 0 Å². The van der Waals surface area contributed by atoms with E-state index >= 15 is 0 Å². The van der Waals surface area contributed by atoms with Gasteiger partial charge in [-0.15, -0.1) is 0 Å². The van der Waals surface area contributed by atoms with Crippen LogP contribution >= 0.6 is 0 Å². The zero-order chi connectivity index (χ0) is 3.70. The molecular formula is C2H7N3. The van der Waals surface area contributed by atoms with E-state index in [1.54, 1.807) is 0 Å². The molecule has 0 spiro atoms. The van der Waals surface area contributed by atoms with Crippen LogP contribution in [0.15, 0.2) is 0 Å². The summed E-state index contributed by atoms with van der Waals surface area (Å²) in [6.45, 7) is 1.02. The lowest BCUT2D eigenvalue weighted by atomic mass is 10.8. The van der Waals surface area contributed by atoms with Gasteiger partial charge >= 0.3 is 0 Å². The fourth-order valence-corrected chi connectivity index (χ4v) is 0.177. The second-order valence-corrected chi connectivity index (χ2v) is 1.13. The van der Waals surface area contributed by atoms with Gasteiger partial charge in [0.2, 0.25) is 0 Å². The van der Waals surface area contributed by atoms with Crippen molar-refractivity contribution in [3.63, 3.8) is 0 Å². The van der Waals surface area contributed by atoms with Crippen molar-refractivity contribution in [2.24, 2.45) is 5.84 Å². The molecule has 1 aliphatic heterocycles. The molecule has 3 nitrogen and oxygen atoms in total. The van der Waals surface area contributed by atoms with E-state index in [0.29, 0.717) is 6.17 Å². The second kappa shape index (κ2) is 0.931. The fraction of sp³-hybridized carbons (Fsp3) is 1.00. The molecular weight excluding hydrogens is 66.0 g/mol. The first kappa shape index (κ1) is 3.08. The summed E-state index contributed by atoms with van der Waals surface area (Å²) >= 11 is 0. The van der Waals surface area contributed by atoms with Gasteiger partial charge in [0.05, 0.1) is 6.17 Å². The van der Waals surface area contributed by atoms with E-state index in [-0.39, 0.29) is 0 Å². The van der Waals surface area contributed by atoms with Crippen molar-refractivity contribution in [3.8, 4) is 0 Å². The van der Waals surface area contributed by atoms with E-state index in [2.05, 4.69) is 10.7 Å². The number of nitrogens with one attached hydrogen (secondary N) is 2. The molecule has 0 aliphatic carbocycles. The molecule has 1 aliphatic rings. The molecule has 1 unspecified atom stereocenters. The van der Waals surface area contributed by atoms with Crippen LogP contribution in [-0.4, -0.2) is 12.7 Å². The summed E-state index contributed by atoms with van der Waals surface area (Å²) in [6.07, 6.45) is 0.412. The molecule has 0 aromatic rings. The number of hydrazine groups is 1. The summed E-state index contributed by atoms with van der Waals surface area (Å²) < 4.78 is 0. The Labute approximate surface area is 30.5 Å². The SMILES string of the molecule is NNC1CN1. The Morgan fingerprint density at radius 1 is 2.00 bits per heavy atom. The van der Waals surface area contributed by atoms with Crippen LogP contribution < -0.4 is 16.6 Å². The van der Waals surface area contributed by atoms with Crippen molar-refractivity contribution >= 4 is 0 Å². The summed E-state index contributed by atoms with van der Waals surface area (Å²) in [7, 11) is 0. The molecule has 1 rings (SSSR count). The Kier molecular flexibility index (Phi) is 0.574. The number of rotatable bonds is 1. The fourth-order valence-electron chi connectivity index (χ4n) is 0.177. The first-order valence-corrected chi connectivity index (χ1v) is 1.63. The summed E-state index contributed by atoms with van der Waals surface area (Å²) in [4.78, 5) is 0. The predicted molar refractivity (Wildman–Crippen MR) is 19.1 cm³/mol. The highest BCUT2D eigenvalue weighted by Crippen LogP contribution is 1.83. The zero-order valence-electron chi connectivity index (χ0n) is 2.86. The maximum atomic E-state index is 4.92. The van der Waals surface area contributed by atoms with E-state index < -0.39 is 0 Å². The molecule has 0 aromatic heterocycles. The number of hydrogen-bond donors (Lipinski definition) is 3. The van der Waals surface area contributed by atoms with Crippen molar-refractivity contribution in [3.05, 3.63) is 0 Å². The van der Waals surface area contributed by atoms with Crippen molar-refractivity contribution < 1.29 is 0 Å². The van der Waals surface area contributed by atoms with Crippen molar-refractivity contribution in [1.82, 2.24) is 10.7 Å². The molecule has 3 heteroatoms. The van der Waals surface area contributed by atoms with E-state index in [0.717, 1.165) is 6.54 Å². The minimum Gasteiger partial charge on any atom is -0.297 e. The number of hydrogen-bond acceptors (Lipinski definition) is 3. The Balaban J connectivity index is 2.00. The first-order chi connectivity index (χ1) is 2.43. The van der Waals surface area contributed by atoms with E-state index in [4.69, 9.17) is 5.84 Å². The molecule has 5 heavy (non-hydrogen) atoms. The molecule has 1 fully saturated rings. The lowest BCUT2D eigenvalue weighted by Crippen LogP contribution is -2.26. The largest absolute Gasteiger partial charge is 0.297 e. The summed E-state index contributed by atoms with van der Waals surface area (Å²) in [5.41, 5.74) is 2.53. The third-order valence-corrected chi connectivity index (χ3v) is 0.609. The molecule has 0 saturated carbocycles. The monoisotopic (exact) mass is 73.1 g/mol. The smallest absolute Gasteiger partial charge is 0.0829 e. The predicted octanol–water partition coefficient (Wildman–Crippen LogP) is -1.62. The summed E-state index contributed by atoms with van der Waals surface area (Å²) in [5.74, 6) is 4.92. The minimum atomic E-state index is 0.412. The molecule has 1 atom stereocenters. The summed E-state index contributed by atoms with van der Waals surface area (Å²) in [5, 5.41) is 2.95. The first-order valence-electron chi connectivity index (χ1n) is 1.63. The third kappa shape index (κ3) is 0.576. The van der Waals surface area contributed by atoms with Gasteiger partial charge in [0.25, 0.3) is 0 Å². The van der Waals surface area contributed by atoms with Crippen molar-refractivity contribution in [2.75, 3.05) is 6.54 Å². The third-order valence-electron chi connectivity index (χ3n) is 0.609. The van der Waals surface area contributed by atoms with Crippen LogP contribution in [-0.2, 0) is 0 Å². The Morgan fingerprint density at radius 2 is 2.60 bits per heavy atom. The van der Waals surface area contributed by atoms with E-state index in [1.165, 1.54) is 0 Å². The average Bonchev–Trinajstić information content (AvgIpc) is 2.12. The van der Waals surface area contributed by atoms with Gasteiger partial charge in [-0.3, -0.25) is 11.2 Å². The van der Waals surface area contributed by atoms with E-state index in [1.807, 2.05) is 0 Å². The maximum Gasteiger partial charge on any atom is 0.0829 e. The Bertz CT molecular complexity index is 31.9. The normalized spacial score (nSPS) is 34.2. The van der Waals surface area contributed by atoms with Crippen LogP contribution in [0.4, 0.5) is 0 Å². The van der Waals surface area contributed by atoms with Crippen LogP contribution in [0.3, 0.4) is 0 Å². The molecule has 0 aromatic carbocycles. The van der Waals surface area contributed by atoms with Gasteiger partial charge < -0.3 is 0 Å². The van der Waals surface area contributed by atoms with Crippen molar-refractivity contribution in [1.29, 1.82) is 0 Å². The van der Waals surface area contributed by atoms with Crippen LogP contribution in [0.5, 0.6) is 0 Å². The minimum absolute atomic E-state index is 0.412. The molecule has 0 bridgehead atoms. The van der Waals surface area contributed by atoms with Crippen molar-refractivity contribution in [2.45, 2.75) is 6.17 Å². The van der Waals surface area contributed by atoms with Gasteiger partial charge in [-0.2, -0.15) is 0 Å². The van der Waals surface area contributed by atoms with Gasteiger partial charge in [0.1, 0.15) is 0 Å². The lowest BCUT2D eigenvalue weighted by molar-refractivity contribution is 0.723. The zero-order valence-corrected chi connectivity index (χ0v) is 2.86. The average molecular weight is 73.1 g/mol. The highest BCUT2D eigenvalue weighted by Gasteiger charge is 2.15. The molecule has 1 saturated heterocycles. The summed E-state index contributed by atoms with van der Waals surface area (Å²) in [6, 6.07) is 0. The van der Waals surface area contributed by atoms with Gasteiger partial charge in [-0.25, -0.2) is 5.43 Å². The highest BCUT2D eigenvalue weighted by atomic mass is 15.4. The van der Waals surface area contributed by atoms with Gasteiger partial charge in [-0.05, 0) is 0 Å². The molecule has 1 heterocycles. The quantitative estimate of drug-likeness (QED) is 0.198. The van der Waals surface area contributed by atoms with Crippen LogP contribution in [0.25, 0.3) is 0 Å². The van der Waals surface area contributed by atoms with Gasteiger partial charge in [0, 0.05) is 6.54 Å². The highest BCUT2D eigenvalue weighted by molar-refractivity contribution is 4.76. The van der Waals surface area contributed by atoms with Crippen LogP contribution in [0.2, 0.25) is 0 Å². The second-order valence-electron chi connectivity index (χ2n) is 1.13. The molecule has 4 N–H and O–H groups in total.